The fourth-order valence-electron chi connectivity index (χ4n) is 2.76. The number of aryl methyl sites for hydroxylation is 2. The van der Waals surface area contributed by atoms with Crippen LogP contribution >= 0.6 is 11.8 Å². The largest absolute Gasteiger partial charge is 0.544 e. The highest BCUT2D eigenvalue weighted by Gasteiger charge is 2.13. The van der Waals surface area contributed by atoms with Gasteiger partial charge in [0, 0.05) is 40.5 Å². The first-order chi connectivity index (χ1) is 12.0. The zero-order chi connectivity index (χ0) is 18.0. The van der Waals surface area contributed by atoms with Crippen LogP contribution in [0.1, 0.15) is 30.4 Å². The molecule has 0 fully saturated rings. The quantitative estimate of drug-likeness (QED) is 0.542. The number of para-hydroxylation sites is 1. The molecule has 7 heteroatoms. The minimum atomic E-state index is -1.24. The van der Waals surface area contributed by atoms with E-state index in [4.69, 9.17) is 0 Å². The average molecular weight is 355 g/mol. The highest BCUT2D eigenvalue weighted by Crippen LogP contribution is 2.31. The van der Waals surface area contributed by atoms with Crippen LogP contribution in [0.25, 0.3) is 17.0 Å². The summed E-state index contributed by atoms with van der Waals surface area (Å²) in [6.07, 6.45) is 3.37. The smallest absolute Gasteiger partial charge is 0.213 e. The van der Waals surface area contributed by atoms with Crippen LogP contribution in [0.15, 0.2) is 34.3 Å². The predicted molar refractivity (Wildman–Crippen MR) is 96.9 cm³/mol. The van der Waals surface area contributed by atoms with Gasteiger partial charge in [-0.3, -0.25) is 5.10 Å². The fourth-order valence-corrected chi connectivity index (χ4v) is 3.47. The van der Waals surface area contributed by atoms with Gasteiger partial charge < -0.3 is 14.5 Å². The standard InChI is InChI=1S/C18H20N4O2S/c1-4-7-16-19-18(21-20-16)25-15(17(23)24)10-13-11(2)22(3)14-9-6-5-8-12(13)14/h5-6,8-10H,4,7H2,1-3H3,(H,23,24)(H,19,20,21)/p-1/b15-10-. The van der Waals surface area contributed by atoms with Gasteiger partial charge in [-0.1, -0.05) is 25.1 Å². The summed E-state index contributed by atoms with van der Waals surface area (Å²) >= 11 is 1.00. The van der Waals surface area contributed by atoms with Crippen LogP contribution in [0.5, 0.6) is 0 Å². The minimum Gasteiger partial charge on any atom is -0.544 e. The summed E-state index contributed by atoms with van der Waals surface area (Å²) in [6.45, 7) is 4.01. The van der Waals surface area contributed by atoms with E-state index in [9.17, 15) is 9.90 Å². The number of rotatable bonds is 6. The van der Waals surface area contributed by atoms with Crippen LogP contribution in [0.3, 0.4) is 0 Å². The summed E-state index contributed by atoms with van der Waals surface area (Å²) in [5.74, 6) is -0.483. The zero-order valence-corrected chi connectivity index (χ0v) is 15.2. The van der Waals surface area contributed by atoms with Crippen LogP contribution in [0, 0.1) is 6.92 Å². The van der Waals surface area contributed by atoms with E-state index in [-0.39, 0.29) is 4.91 Å². The molecule has 1 N–H and O–H groups in total. The molecule has 0 aliphatic heterocycles. The van der Waals surface area contributed by atoms with Crippen molar-refractivity contribution in [2.45, 2.75) is 31.8 Å². The Balaban J connectivity index is 2.01. The van der Waals surface area contributed by atoms with Crippen LogP contribution in [0.2, 0.25) is 0 Å². The maximum absolute atomic E-state index is 11.6. The first kappa shape index (κ1) is 17.3. The van der Waals surface area contributed by atoms with Crippen molar-refractivity contribution in [2.75, 3.05) is 0 Å². The summed E-state index contributed by atoms with van der Waals surface area (Å²) in [4.78, 5) is 16.0. The Morgan fingerprint density at radius 2 is 2.16 bits per heavy atom. The Labute approximate surface area is 150 Å². The third kappa shape index (κ3) is 3.46. The van der Waals surface area contributed by atoms with Gasteiger partial charge in [-0.05, 0) is 37.2 Å². The van der Waals surface area contributed by atoms with Crippen molar-refractivity contribution in [1.82, 2.24) is 19.7 Å². The molecule has 0 aliphatic rings. The van der Waals surface area contributed by atoms with E-state index >= 15 is 0 Å². The molecule has 0 atom stereocenters. The van der Waals surface area contributed by atoms with Crippen molar-refractivity contribution < 1.29 is 9.90 Å². The van der Waals surface area contributed by atoms with Gasteiger partial charge in [0.05, 0.1) is 5.97 Å². The van der Waals surface area contributed by atoms with Gasteiger partial charge in [0.25, 0.3) is 0 Å². The summed E-state index contributed by atoms with van der Waals surface area (Å²) < 4.78 is 2.05. The average Bonchev–Trinajstić information content (AvgIpc) is 3.13. The van der Waals surface area contributed by atoms with Crippen molar-refractivity contribution >= 4 is 34.7 Å². The lowest BCUT2D eigenvalue weighted by molar-refractivity contribution is -0.297. The number of nitrogens with one attached hydrogen (secondary N) is 1. The van der Waals surface area contributed by atoms with E-state index in [1.54, 1.807) is 6.08 Å². The molecular formula is C18H19N4O2S-. The number of carbonyl (C=O) groups excluding carboxylic acids is 1. The number of nitrogens with zero attached hydrogens (tertiary/aromatic N) is 3. The lowest BCUT2D eigenvalue weighted by Crippen LogP contribution is -2.23. The maximum atomic E-state index is 11.6. The van der Waals surface area contributed by atoms with Gasteiger partial charge >= 0.3 is 0 Å². The Bertz CT molecular complexity index is 955. The highest BCUT2D eigenvalue weighted by atomic mass is 32.2. The van der Waals surface area contributed by atoms with Crippen molar-refractivity contribution in [3.63, 3.8) is 0 Å². The van der Waals surface area contributed by atoms with E-state index in [0.717, 1.165) is 52.6 Å². The van der Waals surface area contributed by atoms with Gasteiger partial charge in [-0.15, -0.1) is 5.10 Å². The lowest BCUT2D eigenvalue weighted by Gasteiger charge is -2.06. The minimum absolute atomic E-state index is 0.0847. The monoisotopic (exact) mass is 355 g/mol. The van der Waals surface area contributed by atoms with Crippen LogP contribution in [0.4, 0.5) is 0 Å². The number of H-pyrrole nitrogens is 1. The van der Waals surface area contributed by atoms with E-state index in [2.05, 4.69) is 15.2 Å². The highest BCUT2D eigenvalue weighted by molar-refractivity contribution is 8.04. The Hall–Kier alpha value is -2.54. The van der Waals surface area contributed by atoms with Crippen molar-refractivity contribution in [2.24, 2.45) is 7.05 Å². The molecule has 3 rings (SSSR count). The Morgan fingerprint density at radius 3 is 2.88 bits per heavy atom. The second kappa shape index (κ2) is 7.14. The van der Waals surface area contributed by atoms with Gasteiger partial charge in [-0.25, -0.2) is 4.98 Å². The molecule has 130 valence electrons. The van der Waals surface area contributed by atoms with Crippen LogP contribution in [-0.2, 0) is 18.3 Å². The third-order valence-corrected chi connectivity index (χ3v) is 4.99. The molecule has 0 saturated heterocycles. The number of hydrogen-bond donors (Lipinski definition) is 1. The van der Waals surface area contributed by atoms with E-state index in [0.29, 0.717) is 5.16 Å². The molecule has 0 aliphatic carbocycles. The number of carboxylic acids is 1. The second-order valence-electron chi connectivity index (χ2n) is 5.79. The molecule has 6 nitrogen and oxygen atoms in total. The number of benzene rings is 1. The summed E-state index contributed by atoms with van der Waals surface area (Å²) in [5, 5.41) is 19.9. The number of carbonyl (C=O) groups is 1. The zero-order valence-electron chi connectivity index (χ0n) is 14.4. The van der Waals surface area contributed by atoms with E-state index in [1.807, 2.05) is 49.7 Å². The topological polar surface area (TPSA) is 86.6 Å². The number of thioether (sulfide) groups is 1. The molecule has 0 unspecified atom stereocenters. The number of hydrogen-bond acceptors (Lipinski definition) is 5. The van der Waals surface area contributed by atoms with Gasteiger partial charge in [0.2, 0.25) is 5.16 Å². The van der Waals surface area contributed by atoms with Crippen molar-refractivity contribution in [3.05, 3.63) is 46.3 Å². The SMILES string of the molecule is CCCc1nc(S/C(=C\c2c(C)n(C)c3ccccc23)C(=O)[O-])n[nH]1. The molecular weight excluding hydrogens is 336 g/mol. The molecule has 3 aromatic rings. The molecule has 0 amide bonds. The van der Waals surface area contributed by atoms with Gasteiger partial charge in [0.1, 0.15) is 5.82 Å². The van der Waals surface area contributed by atoms with E-state index < -0.39 is 5.97 Å². The first-order valence-corrected chi connectivity index (χ1v) is 8.89. The van der Waals surface area contributed by atoms with Crippen molar-refractivity contribution in [3.8, 4) is 0 Å². The number of carboxylic acid groups (broad SMARTS) is 1. The Morgan fingerprint density at radius 1 is 1.40 bits per heavy atom. The summed E-state index contributed by atoms with van der Waals surface area (Å²) in [7, 11) is 1.97. The molecule has 2 heterocycles. The van der Waals surface area contributed by atoms with E-state index in [1.165, 1.54) is 0 Å². The number of fused-ring (bicyclic) bond motifs is 1. The fraction of sp³-hybridized carbons (Fsp3) is 0.278. The first-order valence-electron chi connectivity index (χ1n) is 8.07. The lowest BCUT2D eigenvalue weighted by atomic mass is 10.1. The summed E-state index contributed by atoms with van der Waals surface area (Å²) in [6, 6.07) is 7.90. The molecule has 0 radical (unpaired) electrons. The molecule has 25 heavy (non-hydrogen) atoms. The third-order valence-electron chi connectivity index (χ3n) is 4.12. The number of aromatic nitrogens is 4. The van der Waals surface area contributed by atoms with Gasteiger partial charge in [0.15, 0.2) is 0 Å². The molecule has 1 aromatic carbocycles. The van der Waals surface area contributed by atoms with Crippen molar-refractivity contribution in [1.29, 1.82) is 0 Å². The Kier molecular flexibility index (Phi) is 4.94. The summed E-state index contributed by atoms with van der Waals surface area (Å²) in [5.41, 5.74) is 2.91. The molecule has 2 aromatic heterocycles. The number of aliphatic carboxylic acids is 1. The van der Waals surface area contributed by atoms with Gasteiger partial charge in [-0.2, -0.15) is 0 Å². The molecule has 0 spiro atoms. The molecule has 0 saturated carbocycles. The van der Waals surface area contributed by atoms with Crippen LogP contribution < -0.4 is 5.11 Å². The molecule has 0 bridgehead atoms. The second-order valence-corrected chi connectivity index (χ2v) is 6.80. The number of aromatic amines is 1. The maximum Gasteiger partial charge on any atom is 0.213 e. The van der Waals surface area contributed by atoms with Crippen LogP contribution in [-0.4, -0.2) is 25.7 Å². The predicted octanol–water partition coefficient (Wildman–Crippen LogP) is 2.44. The normalized spacial score (nSPS) is 12.0.